The molecule has 21 heavy (non-hydrogen) atoms. The maximum atomic E-state index is 10.2. The van der Waals surface area contributed by atoms with Gasteiger partial charge in [0.2, 0.25) is 10.4 Å². The van der Waals surface area contributed by atoms with Crippen LogP contribution in [0.2, 0.25) is 0 Å². The molecule has 0 aromatic rings. The molecule has 0 bridgehead atoms. The molecule has 0 saturated heterocycles. The molecule has 0 atom stereocenters. The van der Waals surface area contributed by atoms with Crippen molar-refractivity contribution in [3.8, 4) is 0 Å². The first-order chi connectivity index (χ1) is 9.56. The van der Waals surface area contributed by atoms with E-state index in [0.29, 0.717) is 6.42 Å². The van der Waals surface area contributed by atoms with Crippen molar-refractivity contribution in [1.82, 2.24) is 0 Å². The molecular formula is C15H31KO4S. The fourth-order valence-corrected chi connectivity index (χ4v) is 2.60. The van der Waals surface area contributed by atoms with Crippen LogP contribution in [0.3, 0.4) is 0 Å². The van der Waals surface area contributed by atoms with Gasteiger partial charge in [0.25, 0.3) is 0 Å². The summed E-state index contributed by atoms with van der Waals surface area (Å²) in [5.74, 6) is 0. The van der Waals surface area contributed by atoms with Gasteiger partial charge in [-0.15, -0.1) is 0 Å². The third-order valence-corrected chi connectivity index (χ3v) is 3.93. The fraction of sp³-hybridized carbons (Fsp3) is 1.00. The van der Waals surface area contributed by atoms with Crippen molar-refractivity contribution in [1.29, 1.82) is 0 Å². The van der Waals surface area contributed by atoms with E-state index < -0.39 is 10.4 Å². The molecule has 0 heterocycles. The van der Waals surface area contributed by atoms with Crippen LogP contribution in [-0.2, 0) is 14.6 Å². The van der Waals surface area contributed by atoms with E-state index in [2.05, 4.69) is 11.1 Å². The molecular weight excluding hydrogens is 315 g/mol. The van der Waals surface area contributed by atoms with E-state index in [0.717, 1.165) is 12.8 Å². The molecule has 6 heteroatoms. The summed E-state index contributed by atoms with van der Waals surface area (Å²) < 4.78 is 34.7. The van der Waals surface area contributed by atoms with Crippen molar-refractivity contribution in [2.45, 2.75) is 90.4 Å². The van der Waals surface area contributed by atoms with Crippen LogP contribution < -0.4 is 51.4 Å². The minimum atomic E-state index is -4.49. The summed E-state index contributed by atoms with van der Waals surface area (Å²) in [6.45, 7) is 2.27. The Morgan fingerprint density at radius 2 is 1.05 bits per heavy atom. The quantitative estimate of drug-likeness (QED) is 0.195. The number of hydrogen-bond acceptors (Lipinski definition) is 4. The summed E-state index contributed by atoms with van der Waals surface area (Å²) in [5.41, 5.74) is 0. The van der Waals surface area contributed by atoms with Crippen LogP contribution in [0.15, 0.2) is 0 Å². The van der Waals surface area contributed by atoms with E-state index in [1.54, 1.807) is 0 Å². The Hall–Kier alpha value is 1.51. The molecule has 0 aliphatic heterocycles. The minimum Gasteiger partial charge on any atom is -0.726 e. The zero-order valence-corrected chi connectivity index (χ0v) is 17.9. The van der Waals surface area contributed by atoms with E-state index in [-0.39, 0.29) is 58.0 Å². The third-order valence-electron chi connectivity index (χ3n) is 3.48. The number of unbranched alkanes of at least 4 members (excludes halogenated alkanes) is 12. The maximum Gasteiger partial charge on any atom is 1.00 e. The second-order valence-electron chi connectivity index (χ2n) is 5.47. The average Bonchev–Trinajstić information content (AvgIpc) is 2.38. The molecule has 0 rings (SSSR count). The summed E-state index contributed by atoms with van der Waals surface area (Å²) in [7, 11) is -4.49. The Kier molecular flexibility index (Phi) is 21.0. The first-order valence-corrected chi connectivity index (χ1v) is 9.50. The molecule has 0 radical (unpaired) electrons. The molecule has 0 amide bonds. The van der Waals surface area contributed by atoms with Gasteiger partial charge in [-0.25, -0.2) is 8.42 Å². The van der Waals surface area contributed by atoms with Crippen LogP contribution in [0, 0.1) is 0 Å². The van der Waals surface area contributed by atoms with E-state index >= 15 is 0 Å². The Morgan fingerprint density at radius 1 is 0.714 bits per heavy atom. The van der Waals surface area contributed by atoms with Crippen molar-refractivity contribution in [2.24, 2.45) is 0 Å². The molecule has 0 spiro atoms. The van der Waals surface area contributed by atoms with Crippen molar-refractivity contribution in [3.63, 3.8) is 0 Å². The SMILES string of the molecule is CCCCCCCCCCCCCCCOS(=O)(=O)[O-].[K+]. The van der Waals surface area contributed by atoms with Crippen molar-refractivity contribution >= 4 is 10.4 Å². The molecule has 4 nitrogen and oxygen atoms in total. The summed E-state index contributed by atoms with van der Waals surface area (Å²) in [6, 6.07) is 0. The van der Waals surface area contributed by atoms with E-state index in [4.69, 9.17) is 0 Å². The summed E-state index contributed by atoms with van der Waals surface area (Å²) in [6.07, 6.45) is 16.0. The van der Waals surface area contributed by atoms with Crippen LogP contribution >= 0.6 is 0 Å². The fourth-order valence-electron chi connectivity index (χ4n) is 2.28. The first kappa shape index (κ1) is 24.8. The zero-order valence-electron chi connectivity index (χ0n) is 13.9. The maximum absolute atomic E-state index is 10.2. The summed E-state index contributed by atoms with van der Waals surface area (Å²) in [5, 5.41) is 0. The molecule has 0 aromatic carbocycles. The van der Waals surface area contributed by atoms with Gasteiger partial charge < -0.3 is 4.55 Å². The molecule has 0 N–H and O–H groups in total. The largest absolute Gasteiger partial charge is 1.00 e. The second-order valence-corrected chi connectivity index (χ2v) is 6.53. The van der Waals surface area contributed by atoms with Crippen molar-refractivity contribution in [3.05, 3.63) is 0 Å². The van der Waals surface area contributed by atoms with E-state index in [9.17, 15) is 13.0 Å². The normalized spacial score (nSPS) is 11.3. The van der Waals surface area contributed by atoms with Crippen LogP contribution in [-0.4, -0.2) is 19.6 Å². The topological polar surface area (TPSA) is 66.4 Å². The Bertz CT molecular complexity index is 294. The van der Waals surface area contributed by atoms with Crippen molar-refractivity contribution < 1.29 is 68.5 Å². The van der Waals surface area contributed by atoms with Crippen molar-refractivity contribution in [2.75, 3.05) is 6.61 Å². The van der Waals surface area contributed by atoms with Gasteiger partial charge >= 0.3 is 51.4 Å². The average molecular weight is 347 g/mol. The van der Waals surface area contributed by atoms with Crippen LogP contribution in [0.5, 0.6) is 0 Å². The Balaban J connectivity index is 0. The zero-order chi connectivity index (χ0) is 15.1. The van der Waals surface area contributed by atoms with Crippen LogP contribution in [0.4, 0.5) is 0 Å². The van der Waals surface area contributed by atoms with Gasteiger partial charge in [-0.1, -0.05) is 84.0 Å². The molecule has 0 saturated carbocycles. The second kappa shape index (κ2) is 17.9. The number of hydrogen-bond donors (Lipinski definition) is 0. The summed E-state index contributed by atoms with van der Waals surface area (Å²) >= 11 is 0. The van der Waals surface area contributed by atoms with Crippen LogP contribution in [0.25, 0.3) is 0 Å². The van der Waals surface area contributed by atoms with Gasteiger partial charge in [-0.05, 0) is 6.42 Å². The predicted octanol–water partition coefficient (Wildman–Crippen LogP) is 1.56. The monoisotopic (exact) mass is 346 g/mol. The molecule has 0 unspecified atom stereocenters. The van der Waals surface area contributed by atoms with Gasteiger partial charge in [-0.2, -0.15) is 0 Å². The van der Waals surface area contributed by atoms with Gasteiger partial charge in [0, 0.05) is 0 Å². The van der Waals surface area contributed by atoms with E-state index in [1.165, 1.54) is 64.2 Å². The Labute approximate surface area is 174 Å². The Morgan fingerprint density at radius 3 is 1.38 bits per heavy atom. The van der Waals surface area contributed by atoms with Gasteiger partial charge in [-0.3, -0.25) is 4.18 Å². The molecule has 0 aromatic heterocycles. The van der Waals surface area contributed by atoms with Crippen LogP contribution in [0.1, 0.15) is 90.4 Å². The molecule has 122 valence electrons. The number of rotatable bonds is 15. The standard InChI is InChI=1S/C15H32O4S.K/c1-2-3-4-5-6-7-8-9-10-11-12-13-14-15-19-20(16,17)18;/h2-15H2,1H3,(H,16,17,18);/q;+1/p-1. The van der Waals surface area contributed by atoms with Gasteiger partial charge in [0.1, 0.15) is 0 Å². The molecule has 0 fully saturated rings. The summed E-state index contributed by atoms with van der Waals surface area (Å²) in [4.78, 5) is 0. The molecule has 0 aliphatic carbocycles. The van der Waals surface area contributed by atoms with Gasteiger partial charge in [0.15, 0.2) is 0 Å². The van der Waals surface area contributed by atoms with Gasteiger partial charge in [0.05, 0.1) is 6.61 Å². The first-order valence-electron chi connectivity index (χ1n) is 8.16. The van der Waals surface area contributed by atoms with E-state index in [1.807, 2.05) is 0 Å². The minimum absolute atomic E-state index is 0. The third kappa shape index (κ3) is 23.9. The predicted molar refractivity (Wildman–Crippen MR) is 81.3 cm³/mol. The smallest absolute Gasteiger partial charge is 0.726 e. The molecule has 0 aliphatic rings.